The van der Waals surface area contributed by atoms with Gasteiger partial charge in [-0.3, -0.25) is 9.69 Å². The molecule has 114 valence electrons. The average Bonchev–Trinajstić information content (AvgIpc) is 2.74. The van der Waals surface area contributed by atoms with Crippen LogP contribution in [0.1, 0.15) is 26.2 Å². The van der Waals surface area contributed by atoms with Crippen LogP contribution in [-0.4, -0.2) is 77.6 Å². The molecule has 0 aliphatic carbocycles. The number of carboxylic acids is 1. The first kappa shape index (κ1) is 15.1. The molecule has 2 heterocycles. The summed E-state index contributed by atoms with van der Waals surface area (Å²) in [4.78, 5) is 29.2. The van der Waals surface area contributed by atoms with Gasteiger partial charge >= 0.3 is 12.0 Å². The van der Waals surface area contributed by atoms with Crippen LogP contribution in [0.3, 0.4) is 0 Å². The highest BCUT2D eigenvalue weighted by atomic mass is 16.4. The van der Waals surface area contributed by atoms with Crippen molar-refractivity contribution in [1.82, 2.24) is 14.7 Å². The van der Waals surface area contributed by atoms with Crippen molar-refractivity contribution in [1.29, 1.82) is 0 Å². The number of carbonyl (C=O) groups excluding carboxylic acids is 1. The summed E-state index contributed by atoms with van der Waals surface area (Å²) < 4.78 is 0. The normalized spacial score (nSPS) is 24.9. The predicted octanol–water partition coefficient (Wildman–Crippen LogP) is 0.929. The van der Waals surface area contributed by atoms with E-state index in [4.69, 9.17) is 5.11 Å². The Bertz CT molecular complexity index is 375. The lowest BCUT2D eigenvalue weighted by Gasteiger charge is -2.30. The molecule has 0 saturated carbocycles. The van der Waals surface area contributed by atoms with Gasteiger partial charge in [0.15, 0.2) is 0 Å². The minimum atomic E-state index is -0.859. The number of carbonyl (C=O) groups is 2. The third kappa shape index (κ3) is 3.42. The first-order valence-electron chi connectivity index (χ1n) is 7.46. The summed E-state index contributed by atoms with van der Waals surface area (Å²) in [5.41, 5.74) is 0. The third-order valence-corrected chi connectivity index (χ3v) is 4.37. The van der Waals surface area contributed by atoms with Crippen molar-refractivity contribution < 1.29 is 14.7 Å². The van der Waals surface area contributed by atoms with E-state index in [0.29, 0.717) is 6.04 Å². The van der Waals surface area contributed by atoms with E-state index in [1.165, 1.54) is 12.8 Å². The number of aliphatic carboxylic acids is 1. The van der Waals surface area contributed by atoms with E-state index in [2.05, 4.69) is 4.90 Å². The zero-order valence-electron chi connectivity index (χ0n) is 12.4. The van der Waals surface area contributed by atoms with Crippen molar-refractivity contribution in [2.45, 2.75) is 32.2 Å². The van der Waals surface area contributed by atoms with Crippen LogP contribution in [0, 0.1) is 5.92 Å². The number of carboxylic acid groups (broad SMARTS) is 1. The Balaban J connectivity index is 1.92. The molecule has 2 aliphatic heterocycles. The van der Waals surface area contributed by atoms with Crippen molar-refractivity contribution in [2.75, 3.05) is 39.8 Å². The molecular weight excluding hydrogens is 258 g/mol. The number of urea groups is 1. The van der Waals surface area contributed by atoms with Crippen LogP contribution in [0.5, 0.6) is 0 Å². The lowest BCUT2D eigenvalue weighted by Crippen LogP contribution is -2.46. The monoisotopic (exact) mass is 283 g/mol. The Morgan fingerprint density at radius 3 is 2.70 bits per heavy atom. The largest absolute Gasteiger partial charge is 0.481 e. The van der Waals surface area contributed by atoms with Crippen LogP contribution >= 0.6 is 0 Å². The summed E-state index contributed by atoms with van der Waals surface area (Å²) in [6.07, 6.45) is 3.39. The van der Waals surface area contributed by atoms with Gasteiger partial charge in [-0.05, 0) is 25.8 Å². The maximum atomic E-state index is 12.4. The molecule has 0 radical (unpaired) electrons. The van der Waals surface area contributed by atoms with Gasteiger partial charge in [0.1, 0.15) is 0 Å². The zero-order valence-corrected chi connectivity index (χ0v) is 12.4. The van der Waals surface area contributed by atoms with Crippen LogP contribution in [0.2, 0.25) is 0 Å². The molecule has 2 aliphatic rings. The Morgan fingerprint density at radius 2 is 2.00 bits per heavy atom. The van der Waals surface area contributed by atoms with Crippen LogP contribution in [0.25, 0.3) is 0 Å². The molecular formula is C14H25N3O3. The summed E-state index contributed by atoms with van der Waals surface area (Å²) >= 11 is 0. The summed E-state index contributed by atoms with van der Waals surface area (Å²) in [5.74, 6) is -1.39. The minimum Gasteiger partial charge on any atom is -0.481 e. The van der Waals surface area contributed by atoms with Gasteiger partial charge in [0.2, 0.25) is 0 Å². The maximum Gasteiger partial charge on any atom is 0.319 e. The van der Waals surface area contributed by atoms with E-state index in [1.807, 2.05) is 4.90 Å². The highest BCUT2D eigenvalue weighted by molar-refractivity contribution is 5.76. The van der Waals surface area contributed by atoms with Crippen molar-refractivity contribution in [3.63, 3.8) is 0 Å². The molecule has 0 aromatic rings. The molecule has 0 spiro atoms. The number of fused-ring (bicyclic) bond motifs is 1. The van der Waals surface area contributed by atoms with Gasteiger partial charge in [0, 0.05) is 39.3 Å². The third-order valence-electron chi connectivity index (χ3n) is 4.37. The number of rotatable bonds is 3. The molecule has 0 aromatic heterocycles. The van der Waals surface area contributed by atoms with Gasteiger partial charge in [-0.25, -0.2) is 4.79 Å². The van der Waals surface area contributed by atoms with Gasteiger partial charge in [0.05, 0.1) is 5.92 Å². The van der Waals surface area contributed by atoms with Crippen molar-refractivity contribution in [3.8, 4) is 0 Å². The second kappa shape index (κ2) is 6.43. The number of hydrogen-bond acceptors (Lipinski definition) is 3. The van der Waals surface area contributed by atoms with E-state index < -0.39 is 11.9 Å². The Morgan fingerprint density at radius 1 is 1.30 bits per heavy atom. The average molecular weight is 283 g/mol. The SMILES string of the molecule is CC(CN(C)C(=O)N1CCCN2CCCC2C1)C(=O)O. The van der Waals surface area contributed by atoms with Gasteiger partial charge in [0.25, 0.3) is 0 Å². The molecule has 2 atom stereocenters. The van der Waals surface area contributed by atoms with Crippen molar-refractivity contribution in [3.05, 3.63) is 0 Å². The van der Waals surface area contributed by atoms with Gasteiger partial charge in [-0.2, -0.15) is 0 Å². The molecule has 1 N–H and O–H groups in total. The predicted molar refractivity (Wildman–Crippen MR) is 75.6 cm³/mol. The molecule has 6 nitrogen and oxygen atoms in total. The quantitative estimate of drug-likeness (QED) is 0.837. The zero-order chi connectivity index (χ0) is 14.7. The molecule has 2 rings (SSSR count). The smallest absolute Gasteiger partial charge is 0.319 e. The van der Waals surface area contributed by atoms with Crippen LogP contribution in [-0.2, 0) is 4.79 Å². The van der Waals surface area contributed by atoms with Crippen LogP contribution in [0.4, 0.5) is 4.79 Å². The molecule has 20 heavy (non-hydrogen) atoms. The van der Waals surface area contributed by atoms with Crippen LogP contribution in [0.15, 0.2) is 0 Å². The molecule has 0 aromatic carbocycles. The van der Waals surface area contributed by atoms with E-state index >= 15 is 0 Å². The second-order valence-corrected chi connectivity index (χ2v) is 6.03. The Hall–Kier alpha value is -1.30. The second-order valence-electron chi connectivity index (χ2n) is 6.03. The van der Waals surface area contributed by atoms with Gasteiger partial charge in [-0.15, -0.1) is 0 Å². The fraction of sp³-hybridized carbons (Fsp3) is 0.857. The topological polar surface area (TPSA) is 64.1 Å². The summed E-state index contributed by atoms with van der Waals surface area (Å²) in [7, 11) is 1.69. The molecule has 2 fully saturated rings. The molecule has 2 unspecified atom stereocenters. The lowest BCUT2D eigenvalue weighted by molar-refractivity contribution is -0.141. The fourth-order valence-corrected chi connectivity index (χ4v) is 3.19. The van der Waals surface area contributed by atoms with Crippen molar-refractivity contribution in [2.24, 2.45) is 5.92 Å². The van der Waals surface area contributed by atoms with E-state index in [9.17, 15) is 9.59 Å². The summed E-state index contributed by atoms with van der Waals surface area (Å²) in [6, 6.07) is 0.457. The Kier molecular flexibility index (Phi) is 4.86. The van der Waals surface area contributed by atoms with E-state index in [-0.39, 0.29) is 12.6 Å². The van der Waals surface area contributed by atoms with Gasteiger partial charge in [-0.1, -0.05) is 6.92 Å². The van der Waals surface area contributed by atoms with Crippen LogP contribution < -0.4 is 0 Å². The summed E-state index contributed by atoms with van der Waals surface area (Å²) in [5, 5.41) is 8.93. The Labute approximate surface area is 120 Å². The standard InChI is InChI=1S/C14H25N3O3/c1-11(13(18)19)9-15(2)14(20)17-8-4-7-16-6-3-5-12(16)10-17/h11-12H,3-10H2,1-2H3,(H,18,19). The maximum absolute atomic E-state index is 12.4. The number of hydrogen-bond donors (Lipinski definition) is 1. The number of nitrogens with zero attached hydrogens (tertiary/aromatic N) is 3. The number of amides is 2. The fourth-order valence-electron chi connectivity index (χ4n) is 3.19. The molecule has 6 heteroatoms. The first-order chi connectivity index (χ1) is 9.49. The van der Waals surface area contributed by atoms with E-state index in [1.54, 1.807) is 18.9 Å². The minimum absolute atomic E-state index is 0.0353. The summed E-state index contributed by atoms with van der Waals surface area (Å²) in [6.45, 7) is 5.68. The first-order valence-corrected chi connectivity index (χ1v) is 7.46. The highest BCUT2D eigenvalue weighted by Gasteiger charge is 2.31. The molecule has 2 saturated heterocycles. The van der Waals surface area contributed by atoms with E-state index in [0.717, 1.165) is 32.6 Å². The highest BCUT2D eigenvalue weighted by Crippen LogP contribution is 2.21. The molecule has 0 bridgehead atoms. The molecule has 2 amide bonds. The lowest BCUT2D eigenvalue weighted by atomic mass is 10.2. The van der Waals surface area contributed by atoms with Gasteiger partial charge < -0.3 is 14.9 Å². The van der Waals surface area contributed by atoms with Crippen molar-refractivity contribution >= 4 is 12.0 Å².